The van der Waals surface area contributed by atoms with E-state index in [2.05, 4.69) is 10.3 Å². The fraction of sp³-hybridized carbons (Fsp3) is 0.154. The summed E-state index contributed by atoms with van der Waals surface area (Å²) in [6, 6.07) is 25.0. The van der Waals surface area contributed by atoms with Crippen molar-refractivity contribution in [1.82, 2.24) is 15.2 Å². The van der Waals surface area contributed by atoms with Crippen LogP contribution in [0.1, 0.15) is 46.1 Å². The van der Waals surface area contributed by atoms with Crippen LogP contribution in [-0.2, 0) is 4.79 Å². The van der Waals surface area contributed by atoms with Crippen molar-refractivity contribution in [2.24, 2.45) is 0 Å². The first-order chi connectivity index (χ1) is 15.1. The third kappa shape index (κ3) is 3.38. The SMILES string of the molecule is C[C@@H](NC(=O)CN1C(=O)c2ccccc2[C@H]1c1c[nH]c2ccccc12)c1ccccc1. The van der Waals surface area contributed by atoms with Gasteiger partial charge in [-0.1, -0.05) is 66.7 Å². The average Bonchev–Trinajstić information content (AvgIpc) is 3.33. The van der Waals surface area contributed by atoms with Crippen molar-refractivity contribution in [3.05, 3.63) is 107 Å². The number of rotatable bonds is 5. The van der Waals surface area contributed by atoms with E-state index in [-0.39, 0.29) is 30.4 Å². The van der Waals surface area contributed by atoms with E-state index in [0.717, 1.165) is 27.6 Å². The van der Waals surface area contributed by atoms with Gasteiger partial charge in [0.05, 0.1) is 12.1 Å². The van der Waals surface area contributed by atoms with Crippen molar-refractivity contribution in [2.75, 3.05) is 6.54 Å². The highest BCUT2D eigenvalue weighted by Crippen LogP contribution is 2.40. The van der Waals surface area contributed by atoms with Crippen molar-refractivity contribution < 1.29 is 9.59 Å². The summed E-state index contributed by atoms with van der Waals surface area (Å²) in [4.78, 5) is 31.2. The van der Waals surface area contributed by atoms with Crippen molar-refractivity contribution in [2.45, 2.75) is 19.0 Å². The summed E-state index contributed by atoms with van der Waals surface area (Å²) in [7, 11) is 0. The number of hydrogen-bond acceptors (Lipinski definition) is 2. The standard InChI is InChI=1S/C26H23N3O2/c1-17(18-9-3-2-4-10-18)28-24(30)16-29-25(20-12-5-6-13-21(20)26(29)31)22-15-27-23-14-8-7-11-19(22)23/h2-15,17,25,27H,16H2,1H3,(H,28,30)/t17-,25+/m1/s1. The number of carbonyl (C=O) groups is 2. The first-order valence-electron chi connectivity index (χ1n) is 10.4. The minimum absolute atomic E-state index is 0.00510. The fourth-order valence-electron chi connectivity index (χ4n) is 4.46. The molecule has 3 aromatic carbocycles. The average molecular weight is 409 g/mol. The van der Waals surface area contributed by atoms with Crippen LogP contribution in [0, 0.1) is 0 Å². The summed E-state index contributed by atoms with van der Waals surface area (Å²) in [6.45, 7) is 1.94. The van der Waals surface area contributed by atoms with Gasteiger partial charge in [-0.25, -0.2) is 0 Å². The largest absolute Gasteiger partial charge is 0.361 e. The van der Waals surface area contributed by atoms with E-state index in [9.17, 15) is 9.59 Å². The maximum Gasteiger partial charge on any atom is 0.255 e. The van der Waals surface area contributed by atoms with Crippen molar-refractivity contribution in [1.29, 1.82) is 0 Å². The highest BCUT2D eigenvalue weighted by molar-refractivity contribution is 6.02. The minimum atomic E-state index is -0.308. The molecule has 0 saturated heterocycles. The van der Waals surface area contributed by atoms with Gasteiger partial charge in [-0.2, -0.15) is 0 Å². The molecular weight excluding hydrogens is 386 g/mol. The topological polar surface area (TPSA) is 65.2 Å². The Morgan fingerprint density at radius 1 is 0.968 bits per heavy atom. The third-order valence-electron chi connectivity index (χ3n) is 5.97. The van der Waals surface area contributed by atoms with Gasteiger partial charge in [0.25, 0.3) is 5.91 Å². The molecular formula is C26H23N3O2. The number of H-pyrrole nitrogens is 1. The number of benzene rings is 3. The van der Waals surface area contributed by atoms with Crippen molar-refractivity contribution >= 4 is 22.7 Å². The number of aromatic nitrogens is 1. The molecule has 2 heterocycles. The summed E-state index contributed by atoms with van der Waals surface area (Å²) < 4.78 is 0. The Hall–Kier alpha value is -3.86. The van der Waals surface area contributed by atoms with Crippen LogP contribution >= 0.6 is 0 Å². The zero-order valence-corrected chi connectivity index (χ0v) is 17.2. The molecule has 1 aromatic heterocycles. The number of hydrogen-bond donors (Lipinski definition) is 2. The lowest BCUT2D eigenvalue weighted by Crippen LogP contribution is -2.40. The maximum atomic E-state index is 13.3. The molecule has 0 unspecified atom stereocenters. The van der Waals surface area contributed by atoms with E-state index in [1.54, 1.807) is 4.90 Å². The monoisotopic (exact) mass is 409 g/mol. The number of nitrogens with one attached hydrogen (secondary N) is 2. The number of fused-ring (bicyclic) bond motifs is 2. The molecule has 31 heavy (non-hydrogen) atoms. The molecule has 0 bridgehead atoms. The van der Waals surface area contributed by atoms with Gasteiger partial charge < -0.3 is 15.2 Å². The second-order valence-corrected chi connectivity index (χ2v) is 7.91. The summed E-state index contributed by atoms with van der Waals surface area (Å²) in [6.07, 6.45) is 1.95. The van der Waals surface area contributed by atoms with Gasteiger partial charge in [-0.15, -0.1) is 0 Å². The molecule has 2 atom stereocenters. The number of amides is 2. The molecule has 0 spiro atoms. The van der Waals surface area contributed by atoms with Crippen molar-refractivity contribution in [3.63, 3.8) is 0 Å². The van der Waals surface area contributed by atoms with Gasteiger partial charge in [0.15, 0.2) is 0 Å². The van der Waals surface area contributed by atoms with Gasteiger partial charge in [-0.05, 0) is 30.2 Å². The predicted molar refractivity (Wildman–Crippen MR) is 121 cm³/mol. The molecule has 2 amide bonds. The lowest BCUT2D eigenvalue weighted by atomic mass is 9.97. The summed E-state index contributed by atoms with van der Waals surface area (Å²) in [5.41, 5.74) is 4.62. The van der Waals surface area contributed by atoms with E-state index in [1.807, 2.05) is 92.0 Å². The minimum Gasteiger partial charge on any atom is -0.361 e. The molecule has 0 radical (unpaired) electrons. The molecule has 0 fully saturated rings. The molecule has 5 nitrogen and oxygen atoms in total. The van der Waals surface area contributed by atoms with Gasteiger partial charge >= 0.3 is 0 Å². The van der Waals surface area contributed by atoms with Gasteiger partial charge in [-0.3, -0.25) is 9.59 Å². The summed E-state index contributed by atoms with van der Waals surface area (Å²) >= 11 is 0. The highest BCUT2D eigenvalue weighted by Gasteiger charge is 2.39. The maximum absolute atomic E-state index is 13.3. The third-order valence-corrected chi connectivity index (χ3v) is 5.97. The molecule has 4 aromatic rings. The van der Waals surface area contributed by atoms with Gasteiger partial charge in [0.2, 0.25) is 5.91 Å². The van der Waals surface area contributed by atoms with Crippen LogP contribution in [0.2, 0.25) is 0 Å². The molecule has 154 valence electrons. The Bertz CT molecular complexity index is 1260. The van der Waals surface area contributed by atoms with E-state index in [1.165, 1.54) is 0 Å². The second kappa shape index (κ2) is 7.76. The second-order valence-electron chi connectivity index (χ2n) is 7.91. The number of carbonyl (C=O) groups excluding carboxylic acids is 2. The fourth-order valence-corrected chi connectivity index (χ4v) is 4.46. The molecule has 0 aliphatic carbocycles. The lowest BCUT2D eigenvalue weighted by Gasteiger charge is -2.26. The summed E-state index contributed by atoms with van der Waals surface area (Å²) in [5, 5.41) is 4.09. The van der Waals surface area contributed by atoms with E-state index < -0.39 is 0 Å². The normalized spacial score (nSPS) is 16.4. The molecule has 5 rings (SSSR count). The summed E-state index contributed by atoms with van der Waals surface area (Å²) in [5.74, 6) is -0.296. The van der Waals surface area contributed by atoms with Gasteiger partial charge in [0, 0.05) is 28.2 Å². The first-order valence-corrected chi connectivity index (χ1v) is 10.4. The van der Waals surface area contributed by atoms with E-state index >= 15 is 0 Å². The Morgan fingerprint density at radius 3 is 2.52 bits per heavy atom. The Kier molecular flexibility index (Phi) is 4.79. The number of nitrogens with zero attached hydrogens (tertiary/aromatic N) is 1. The zero-order valence-electron chi connectivity index (χ0n) is 17.2. The first kappa shape index (κ1) is 19.1. The van der Waals surface area contributed by atoms with Crippen LogP contribution in [0.5, 0.6) is 0 Å². The highest BCUT2D eigenvalue weighted by atomic mass is 16.2. The van der Waals surface area contributed by atoms with Crippen LogP contribution in [0.4, 0.5) is 0 Å². The number of para-hydroxylation sites is 1. The smallest absolute Gasteiger partial charge is 0.255 e. The van der Waals surface area contributed by atoms with Crippen LogP contribution in [0.15, 0.2) is 85.1 Å². The van der Waals surface area contributed by atoms with Crippen LogP contribution in [0.25, 0.3) is 10.9 Å². The Labute approximate surface area is 180 Å². The zero-order chi connectivity index (χ0) is 21.4. The van der Waals surface area contributed by atoms with Crippen LogP contribution < -0.4 is 5.32 Å². The van der Waals surface area contributed by atoms with Gasteiger partial charge in [0.1, 0.15) is 6.54 Å². The van der Waals surface area contributed by atoms with Crippen molar-refractivity contribution in [3.8, 4) is 0 Å². The molecule has 0 saturated carbocycles. The van der Waals surface area contributed by atoms with E-state index in [0.29, 0.717) is 5.56 Å². The van der Waals surface area contributed by atoms with E-state index in [4.69, 9.17) is 0 Å². The molecule has 5 heteroatoms. The Morgan fingerprint density at radius 2 is 1.68 bits per heavy atom. The predicted octanol–water partition coefficient (Wildman–Crippen LogP) is 4.59. The van der Waals surface area contributed by atoms with Crippen LogP contribution in [0.3, 0.4) is 0 Å². The molecule has 2 N–H and O–H groups in total. The quantitative estimate of drug-likeness (QED) is 0.506. The lowest BCUT2D eigenvalue weighted by molar-refractivity contribution is -0.122. The molecule has 1 aliphatic rings. The molecule has 1 aliphatic heterocycles. The van der Waals surface area contributed by atoms with Crippen LogP contribution in [-0.4, -0.2) is 28.2 Å². The Balaban J connectivity index is 1.47. The number of aromatic amines is 1.